The van der Waals surface area contributed by atoms with Gasteiger partial charge in [0.1, 0.15) is 17.5 Å². The van der Waals surface area contributed by atoms with Gasteiger partial charge in [-0.25, -0.2) is 4.68 Å². The van der Waals surface area contributed by atoms with E-state index in [1.54, 1.807) is 23.6 Å². The van der Waals surface area contributed by atoms with Gasteiger partial charge in [-0.2, -0.15) is 4.98 Å². The number of anilines is 2. The molecule has 0 saturated carbocycles. The average Bonchev–Trinajstić information content (AvgIpc) is 3.27. The zero-order valence-electron chi connectivity index (χ0n) is 20.5. The molecule has 1 amide bonds. The highest BCUT2D eigenvalue weighted by Crippen LogP contribution is 2.38. The smallest absolute Gasteiger partial charge is 0.255 e. The number of nitrogens with one attached hydrogen (secondary N) is 2. The Bertz CT molecular complexity index is 1210. The number of allylic oxidation sites excluding steroid dienone is 1. The second-order valence-electron chi connectivity index (χ2n) is 8.09. The zero-order chi connectivity index (χ0) is 24.8. The molecular formula is C26H31N5O3S. The molecule has 184 valence electrons. The predicted molar refractivity (Wildman–Crippen MR) is 139 cm³/mol. The first kappa shape index (κ1) is 24.7. The summed E-state index contributed by atoms with van der Waals surface area (Å²) in [4.78, 5) is 18.4. The maximum atomic E-state index is 13.7. The van der Waals surface area contributed by atoms with Crippen molar-refractivity contribution in [2.75, 3.05) is 30.1 Å². The van der Waals surface area contributed by atoms with Crippen LogP contribution >= 0.6 is 11.8 Å². The van der Waals surface area contributed by atoms with Gasteiger partial charge in [0.05, 0.1) is 25.0 Å². The van der Waals surface area contributed by atoms with Gasteiger partial charge in [0.15, 0.2) is 0 Å². The first-order valence-electron chi connectivity index (χ1n) is 11.8. The Morgan fingerprint density at radius 3 is 2.66 bits per heavy atom. The molecule has 1 aliphatic rings. The van der Waals surface area contributed by atoms with Crippen LogP contribution in [0.5, 0.6) is 11.5 Å². The van der Waals surface area contributed by atoms with Crippen LogP contribution in [-0.4, -0.2) is 40.1 Å². The molecule has 3 aromatic rings. The van der Waals surface area contributed by atoms with Gasteiger partial charge in [-0.1, -0.05) is 49.4 Å². The minimum absolute atomic E-state index is 0.232. The van der Waals surface area contributed by atoms with Crippen molar-refractivity contribution in [1.29, 1.82) is 0 Å². The molecule has 1 aromatic heterocycles. The lowest BCUT2D eigenvalue weighted by Gasteiger charge is -2.29. The van der Waals surface area contributed by atoms with E-state index in [0.29, 0.717) is 34.7 Å². The lowest BCUT2D eigenvalue weighted by Crippen LogP contribution is -2.31. The Kier molecular flexibility index (Phi) is 7.97. The molecule has 9 heteroatoms. The normalized spacial score (nSPS) is 14.8. The lowest BCUT2D eigenvalue weighted by molar-refractivity contribution is -0.113. The molecule has 1 aliphatic heterocycles. The molecule has 0 saturated heterocycles. The Hall–Kier alpha value is -3.46. The summed E-state index contributed by atoms with van der Waals surface area (Å²) in [6, 6.07) is 14.7. The number of hydrogen-bond acceptors (Lipinski definition) is 7. The minimum atomic E-state index is -0.454. The van der Waals surface area contributed by atoms with Crippen LogP contribution in [0.3, 0.4) is 0 Å². The molecule has 0 spiro atoms. The first-order chi connectivity index (χ1) is 17.0. The molecule has 35 heavy (non-hydrogen) atoms. The number of benzene rings is 2. The van der Waals surface area contributed by atoms with Gasteiger partial charge in [0.2, 0.25) is 11.1 Å². The third kappa shape index (κ3) is 5.45. The van der Waals surface area contributed by atoms with Crippen molar-refractivity contribution in [1.82, 2.24) is 14.8 Å². The minimum Gasteiger partial charge on any atom is -0.497 e. The van der Waals surface area contributed by atoms with Crippen LogP contribution in [0, 0.1) is 0 Å². The Balaban J connectivity index is 1.72. The molecular weight excluding hydrogens is 462 g/mol. The third-order valence-electron chi connectivity index (χ3n) is 5.67. The van der Waals surface area contributed by atoms with Crippen LogP contribution < -0.4 is 20.1 Å². The van der Waals surface area contributed by atoms with Crippen molar-refractivity contribution < 1.29 is 14.3 Å². The van der Waals surface area contributed by atoms with Crippen molar-refractivity contribution in [2.45, 2.75) is 44.8 Å². The highest BCUT2D eigenvalue weighted by Gasteiger charge is 2.34. The monoisotopic (exact) mass is 493 g/mol. The summed E-state index contributed by atoms with van der Waals surface area (Å²) in [5.41, 5.74) is 2.81. The van der Waals surface area contributed by atoms with E-state index >= 15 is 0 Å². The summed E-state index contributed by atoms with van der Waals surface area (Å²) in [7, 11) is 1.63. The summed E-state index contributed by atoms with van der Waals surface area (Å²) in [6.07, 6.45) is 2.20. The van der Waals surface area contributed by atoms with E-state index in [0.717, 1.165) is 35.6 Å². The van der Waals surface area contributed by atoms with Gasteiger partial charge in [-0.05, 0) is 50.1 Å². The number of para-hydroxylation sites is 2. The van der Waals surface area contributed by atoms with Crippen LogP contribution in [-0.2, 0) is 4.79 Å². The Labute approximate surface area is 210 Å². The van der Waals surface area contributed by atoms with E-state index in [4.69, 9.17) is 19.6 Å². The fourth-order valence-electron chi connectivity index (χ4n) is 3.93. The summed E-state index contributed by atoms with van der Waals surface area (Å²) in [6.45, 7) is 6.47. The standard InChI is InChI=1S/C26H31N5O3S/c1-5-7-16-35-26-29-25-27-17(3)22(24(32)28-20-10-8-9-11-21(20)34-6-2)23(31(25)30-26)18-12-14-19(33-4)15-13-18/h8-15,23H,5-7,16H2,1-4H3,(H,28,32)(H,27,29,30). The summed E-state index contributed by atoms with van der Waals surface area (Å²) >= 11 is 1.62. The largest absolute Gasteiger partial charge is 0.497 e. The lowest BCUT2D eigenvalue weighted by atomic mass is 9.95. The number of unbranched alkanes of at least 4 members (excludes halogenated alkanes) is 1. The van der Waals surface area contributed by atoms with Crippen molar-refractivity contribution in [3.63, 3.8) is 0 Å². The predicted octanol–water partition coefficient (Wildman–Crippen LogP) is 5.51. The maximum Gasteiger partial charge on any atom is 0.255 e. The van der Waals surface area contributed by atoms with Crippen LogP contribution in [0.2, 0.25) is 0 Å². The van der Waals surface area contributed by atoms with Crippen molar-refractivity contribution >= 4 is 29.3 Å². The van der Waals surface area contributed by atoms with Gasteiger partial charge in [-0.15, -0.1) is 5.10 Å². The van der Waals surface area contributed by atoms with E-state index in [1.165, 1.54) is 0 Å². The summed E-state index contributed by atoms with van der Waals surface area (Å²) < 4.78 is 12.8. The van der Waals surface area contributed by atoms with E-state index in [2.05, 4.69) is 17.6 Å². The van der Waals surface area contributed by atoms with Crippen LogP contribution in [0.25, 0.3) is 0 Å². The number of rotatable bonds is 10. The van der Waals surface area contributed by atoms with E-state index in [1.807, 2.05) is 62.4 Å². The van der Waals surface area contributed by atoms with Crippen LogP contribution in [0.15, 0.2) is 65.0 Å². The molecule has 0 bridgehead atoms. The van der Waals surface area contributed by atoms with E-state index in [-0.39, 0.29) is 5.91 Å². The number of thioether (sulfide) groups is 1. The van der Waals surface area contributed by atoms with Crippen molar-refractivity contribution in [2.24, 2.45) is 0 Å². The number of carbonyl (C=O) groups is 1. The summed E-state index contributed by atoms with van der Waals surface area (Å²) in [5.74, 6) is 2.70. The van der Waals surface area contributed by atoms with Gasteiger partial charge < -0.3 is 20.1 Å². The molecule has 2 aromatic carbocycles. The van der Waals surface area contributed by atoms with E-state index < -0.39 is 6.04 Å². The highest BCUT2D eigenvalue weighted by atomic mass is 32.2. The number of ether oxygens (including phenoxy) is 2. The number of aromatic nitrogens is 3. The Morgan fingerprint density at radius 2 is 1.94 bits per heavy atom. The average molecular weight is 494 g/mol. The summed E-state index contributed by atoms with van der Waals surface area (Å²) in [5, 5.41) is 11.8. The van der Waals surface area contributed by atoms with Crippen molar-refractivity contribution in [3.05, 3.63) is 65.4 Å². The van der Waals surface area contributed by atoms with Gasteiger partial charge in [0.25, 0.3) is 5.91 Å². The molecule has 1 unspecified atom stereocenters. The quantitative estimate of drug-likeness (QED) is 0.284. The molecule has 0 radical (unpaired) electrons. The second-order valence-corrected chi connectivity index (χ2v) is 9.15. The number of methoxy groups -OCH3 is 1. The first-order valence-corrected chi connectivity index (χ1v) is 12.8. The third-order valence-corrected chi connectivity index (χ3v) is 6.60. The fourth-order valence-corrected chi connectivity index (χ4v) is 4.84. The SMILES string of the molecule is CCCCSc1nc2n(n1)C(c1ccc(OC)cc1)C(C(=O)Nc1ccccc1OCC)=C(C)N2. The van der Waals surface area contributed by atoms with Crippen LogP contribution in [0.4, 0.5) is 11.6 Å². The molecule has 8 nitrogen and oxygen atoms in total. The van der Waals surface area contributed by atoms with E-state index in [9.17, 15) is 4.79 Å². The van der Waals surface area contributed by atoms with Gasteiger partial charge in [-0.3, -0.25) is 4.79 Å². The van der Waals surface area contributed by atoms with Gasteiger partial charge >= 0.3 is 0 Å². The number of amides is 1. The maximum absolute atomic E-state index is 13.7. The molecule has 4 rings (SSSR count). The number of carbonyl (C=O) groups excluding carboxylic acids is 1. The zero-order valence-corrected chi connectivity index (χ0v) is 21.3. The molecule has 0 aliphatic carbocycles. The van der Waals surface area contributed by atoms with Gasteiger partial charge in [0, 0.05) is 11.4 Å². The molecule has 2 heterocycles. The van der Waals surface area contributed by atoms with Crippen molar-refractivity contribution in [3.8, 4) is 11.5 Å². The second kappa shape index (κ2) is 11.3. The molecule has 1 atom stereocenters. The topological polar surface area (TPSA) is 90.3 Å². The number of nitrogens with zero attached hydrogens (tertiary/aromatic N) is 3. The molecule has 0 fully saturated rings. The fraction of sp³-hybridized carbons (Fsp3) is 0.346. The number of fused-ring (bicyclic) bond motifs is 1. The van der Waals surface area contributed by atoms with Crippen LogP contribution in [0.1, 0.15) is 45.2 Å². The Morgan fingerprint density at radius 1 is 1.17 bits per heavy atom. The number of hydrogen-bond donors (Lipinski definition) is 2. The highest BCUT2D eigenvalue weighted by molar-refractivity contribution is 7.99. The molecule has 2 N–H and O–H groups in total.